The number of benzene rings is 1. The molecule has 1 nitrogen and oxygen atoms in total. The van der Waals surface area contributed by atoms with Crippen LogP contribution in [0.1, 0.15) is 18.9 Å². The number of aliphatic hydroxyl groups is 1. The van der Waals surface area contributed by atoms with Gasteiger partial charge in [-0.15, -0.1) is 11.8 Å². The summed E-state index contributed by atoms with van der Waals surface area (Å²) in [6.45, 7) is 2.21. The van der Waals surface area contributed by atoms with E-state index in [1.54, 1.807) is 17.8 Å². The first-order chi connectivity index (χ1) is 8.93. The van der Waals surface area contributed by atoms with Crippen molar-refractivity contribution in [2.24, 2.45) is 0 Å². The lowest BCUT2D eigenvalue weighted by molar-refractivity contribution is -0.137. The lowest BCUT2D eigenvalue weighted by Crippen LogP contribution is -2.04. The normalized spacial score (nSPS) is 13.5. The van der Waals surface area contributed by atoms with Gasteiger partial charge in [-0.1, -0.05) is 13.0 Å². The number of hydrogen-bond acceptors (Lipinski definition) is 3. The molecule has 0 radical (unpaired) electrons. The zero-order valence-corrected chi connectivity index (χ0v) is 12.2. The molecule has 1 N–H and O–H groups in total. The molecule has 0 aliphatic rings. The highest BCUT2D eigenvalue weighted by Crippen LogP contribution is 2.32. The Morgan fingerprint density at radius 2 is 2.00 bits per heavy atom. The number of alkyl halides is 3. The standard InChI is InChI=1S/C13H17F3OS2/c1-10(5-6-17)18-7-8-19-12-4-2-3-11(9-12)13(14,15)16/h2-4,9-10,17H,5-8H2,1H3. The Hall–Kier alpha value is -0.330. The molecular formula is C13H17F3OS2. The molecular weight excluding hydrogens is 293 g/mol. The van der Waals surface area contributed by atoms with Crippen LogP contribution in [0.4, 0.5) is 13.2 Å². The molecule has 1 unspecified atom stereocenters. The molecule has 0 saturated carbocycles. The summed E-state index contributed by atoms with van der Waals surface area (Å²) in [5, 5.41) is 9.13. The number of hydrogen-bond donors (Lipinski definition) is 1. The Kier molecular flexibility index (Phi) is 7.10. The fraction of sp³-hybridized carbons (Fsp3) is 0.538. The molecule has 1 atom stereocenters. The van der Waals surface area contributed by atoms with E-state index in [0.717, 1.165) is 24.0 Å². The summed E-state index contributed by atoms with van der Waals surface area (Å²) < 4.78 is 37.5. The van der Waals surface area contributed by atoms with Crippen LogP contribution in [0.2, 0.25) is 0 Å². The molecule has 0 aliphatic carbocycles. The second kappa shape index (κ2) is 8.07. The lowest BCUT2D eigenvalue weighted by Gasteiger charge is -2.10. The first-order valence-electron chi connectivity index (χ1n) is 5.96. The van der Waals surface area contributed by atoms with Crippen molar-refractivity contribution in [3.8, 4) is 0 Å². The fourth-order valence-electron chi connectivity index (χ4n) is 1.44. The van der Waals surface area contributed by atoms with Crippen molar-refractivity contribution in [2.45, 2.75) is 29.7 Å². The molecule has 0 fully saturated rings. The molecule has 0 heterocycles. The van der Waals surface area contributed by atoms with Crippen LogP contribution in [0.3, 0.4) is 0 Å². The Morgan fingerprint density at radius 1 is 1.26 bits per heavy atom. The van der Waals surface area contributed by atoms with E-state index in [1.807, 2.05) is 6.92 Å². The van der Waals surface area contributed by atoms with Crippen LogP contribution < -0.4 is 0 Å². The Labute approximate surface area is 120 Å². The van der Waals surface area contributed by atoms with Crippen molar-refractivity contribution in [2.75, 3.05) is 18.1 Å². The van der Waals surface area contributed by atoms with Crippen molar-refractivity contribution >= 4 is 23.5 Å². The number of aliphatic hydroxyl groups excluding tert-OH is 1. The first kappa shape index (κ1) is 16.7. The zero-order chi connectivity index (χ0) is 14.3. The van der Waals surface area contributed by atoms with Crippen LogP contribution >= 0.6 is 23.5 Å². The van der Waals surface area contributed by atoms with Crippen molar-refractivity contribution in [3.05, 3.63) is 29.8 Å². The molecule has 0 bridgehead atoms. The number of thioether (sulfide) groups is 2. The quantitative estimate of drug-likeness (QED) is 0.599. The first-order valence-corrected chi connectivity index (χ1v) is 7.99. The van der Waals surface area contributed by atoms with E-state index in [-0.39, 0.29) is 6.61 Å². The van der Waals surface area contributed by atoms with Crippen LogP contribution in [0.15, 0.2) is 29.2 Å². The minimum absolute atomic E-state index is 0.176. The third-order valence-corrected chi connectivity index (χ3v) is 4.95. The highest BCUT2D eigenvalue weighted by molar-refractivity contribution is 8.03. The van der Waals surface area contributed by atoms with Gasteiger partial charge in [0.1, 0.15) is 0 Å². The molecule has 0 aromatic heterocycles. The van der Waals surface area contributed by atoms with Crippen molar-refractivity contribution in [1.82, 2.24) is 0 Å². The Balaban J connectivity index is 2.38. The molecule has 1 aromatic carbocycles. The molecule has 1 aromatic rings. The zero-order valence-electron chi connectivity index (χ0n) is 10.6. The van der Waals surface area contributed by atoms with Gasteiger partial charge in [0.25, 0.3) is 0 Å². The maximum Gasteiger partial charge on any atom is 0.416 e. The van der Waals surface area contributed by atoms with Crippen LogP contribution in [0, 0.1) is 0 Å². The smallest absolute Gasteiger partial charge is 0.396 e. The van der Waals surface area contributed by atoms with Gasteiger partial charge >= 0.3 is 6.18 Å². The van der Waals surface area contributed by atoms with Crippen LogP contribution in [0.5, 0.6) is 0 Å². The van der Waals surface area contributed by atoms with Crippen LogP contribution in [0.25, 0.3) is 0 Å². The topological polar surface area (TPSA) is 20.2 Å². The van der Waals surface area contributed by atoms with Gasteiger partial charge in [-0.2, -0.15) is 24.9 Å². The molecule has 0 amide bonds. The summed E-state index contributed by atoms with van der Waals surface area (Å²) in [6.07, 6.45) is -3.53. The maximum absolute atomic E-state index is 12.5. The summed E-state index contributed by atoms with van der Waals surface area (Å²) in [5.41, 5.74) is -0.598. The van der Waals surface area contributed by atoms with E-state index in [1.165, 1.54) is 23.9 Å². The van der Waals surface area contributed by atoms with Crippen molar-refractivity contribution in [3.63, 3.8) is 0 Å². The highest BCUT2D eigenvalue weighted by Gasteiger charge is 2.30. The third-order valence-electron chi connectivity index (χ3n) is 2.45. The molecule has 0 saturated heterocycles. The third kappa shape index (κ3) is 6.58. The average Bonchev–Trinajstić information content (AvgIpc) is 2.34. The summed E-state index contributed by atoms with van der Waals surface area (Å²) in [5.74, 6) is 1.63. The van der Waals surface area contributed by atoms with Crippen molar-refractivity contribution in [1.29, 1.82) is 0 Å². The predicted molar refractivity (Wildman–Crippen MR) is 75.8 cm³/mol. The van der Waals surface area contributed by atoms with Gasteiger partial charge in [0, 0.05) is 28.3 Å². The summed E-state index contributed by atoms with van der Waals surface area (Å²) in [7, 11) is 0. The fourth-order valence-corrected chi connectivity index (χ4v) is 3.45. The minimum atomic E-state index is -4.28. The van der Waals surface area contributed by atoms with Crippen LogP contribution in [-0.4, -0.2) is 28.5 Å². The van der Waals surface area contributed by atoms with E-state index in [0.29, 0.717) is 10.1 Å². The second-order valence-electron chi connectivity index (χ2n) is 4.07. The maximum atomic E-state index is 12.5. The summed E-state index contributed by atoms with van der Waals surface area (Å²) >= 11 is 3.15. The highest BCUT2D eigenvalue weighted by atomic mass is 32.2. The van der Waals surface area contributed by atoms with Gasteiger partial charge in [-0.05, 0) is 24.6 Å². The van der Waals surface area contributed by atoms with E-state index >= 15 is 0 Å². The molecule has 6 heteroatoms. The number of rotatable bonds is 7. The van der Waals surface area contributed by atoms with Gasteiger partial charge in [0.2, 0.25) is 0 Å². The lowest BCUT2D eigenvalue weighted by atomic mass is 10.2. The predicted octanol–water partition coefficient (Wildman–Crippen LogP) is 4.30. The molecule has 108 valence electrons. The van der Waals surface area contributed by atoms with E-state index in [9.17, 15) is 13.2 Å². The van der Waals surface area contributed by atoms with Crippen LogP contribution in [-0.2, 0) is 6.18 Å². The van der Waals surface area contributed by atoms with E-state index < -0.39 is 11.7 Å². The number of halogens is 3. The second-order valence-corrected chi connectivity index (χ2v) is 6.78. The SMILES string of the molecule is CC(CCO)SCCSc1cccc(C(F)(F)F)c1. The van der Waals surface area contributed by atoms with Crippen molar-refractivity contribution < 1.29 is 18.3 Å². The Bertz CT molecular complexity index is 382. The molecule has 1 rings (SSSR count). The molecule has 19 heavy (non-hydrogen) atoms. The van der Waals surface area contributed by atoms with Gasteiger partial charge in [-0.25, -0.2) is 0 Å². The summed E-state index contributed by atoms with van der Waals surface area (Å²) in [6, 6.07) is 5.41. The van der Waals surface area contributed by atoms with Gasteiger partial charge in [0.05, 0.1) is 5.56 Å². The molecule has 0 spiro atoms. The monoisotopic (exact) mass is 310 g/mol. The molecule has 0 aliphatic heterocycles. The Morgan fingerprint density at radius 3 is 2.63 bits per heavy atom. The minimum Gasteiger partial charge on any atom is -0.396 e. The van der Waals surface area contributed by atoms with E-state index in [2.05, 4.69) is 0 Å². The summed E-state index contributed by atoms with van der Waals surface area (Å²) in [4.78, 5) is 0.644. The van der Waals surface area contributed by atoms with E-state index in [4.69, 9.17) is 5.11 Å². The van der Waals surface area contributed by atoms with Gasteiger partial charge < -0.3 is 5.11 Å². The largest absolute Gasteiger partial charge is 0.416 e. The average molecular weight is 310 g/mol. The van der Waals surface area contributed by atoms with Gasteiger partial charge in [-0.3, -0.25) is 0 Å². The van der Waals surface area contributed by atoms with Gasteiger partial charge in [0.15, 0.2) is 0 Å².